The van der Waals surface area contributed by atoms with E-state index in [1.54, 1.807) is 18.2 Å². The number of rotatable bonds is 5. The average Bonchev–Trinajstić information content (AvgIpc) is 2.41. The van der Waals surface area contributed by atoms with Gasteiger partial charge in [-0.2, -0.15) is 0 Å². The molecule has 0 aliphatic carbocycles. The van der Waals surface area contributed by atoms with Crippen LogP contribution in [0.15, 0.2) is 24.3 Å². The highest BCUT2D eigenvalue weighted by atomic mass is 19.1. The van der Waals surface area contributed by atoms with Crippen molar-refractivity contribution in [2.24, 2.45) is 5.92 Å². The number of likely N-dealkylation sites (tertiary alicyclic amines) is 1. The van der Waals surface area contributed by atoms with Crippen LogP contribution in [0.4, 0.5) is 10.1 Å². The van der Waals surface area contributed by atoms with E-state index in [-0.39, 0.29) is 18.1 Å². The predicted octanol–water partition coefficient (Wildman–Crippen LogP) is 1.70. The molecule has 1 aliphatic heterocycles. The Morgan fingerprint density at radius 1 is 1.45 bits per heavy atom. The Bertz CT molecular complexity index is 452. The maximum atomic E-state index is 13.4. The number of nitrogens with one attached hydrogen (secondary N) is 2. The second-order valence-electron chi connectivity index (χ2n) is 5.43. The SMILES string of the molecule is CN1CCCC(CNCC(=O)Nc2ccccc2F)C1. The molecule has 1 aromatic rings. The third-order valence-corrected chi connectivity index (χ3v) is 3.59. The molecule has 110 valence electrons. The second kappa shape index (κ2) is 7.36. The Labute approximate surface area is 119 Å². The highest BCUT2D eigenvalue weighted by Crippen LogP contribution is 2.14. The molecule has 0 bridgehead atoms. The summed E-state index contributed by atoms with van der Waals surface area (Å²) in [6.07, 6.45) is 2.41. The molecule has 2 N–H and O–H groups in total. The Morgan fingerprint density at radius 2 is 2.25 bits per heavy atom. The number of hydrogen-bond donors (Lipinski definition) is 2. The van der Waals surface area contributed by atoms with Crippen LogP contribution in [-0.2, 0) is 4.79 Å². The van der Waals surface area contributed by atoms with Crippen LogP contribution in [0.1, 0.15) is 12.8 Å². The summed E-state index contributed by atoms with van der Waals surface area (Å²) in [6.45, 7) is 3.27. The van der Waals surface area contributed by atoms with E-state index >= 15 is 0 Å². The van der Waals surface area contributed by atoms with Crippen molar-refractivity contribution >= 4 is 11.6 Å². The number of carbonyl (C=O) groups is 1. The maximum Gasteiger partial charge on any atom is 0.238 e. The smallest absolute Gasteiger partial charge is 0.238 e. The minimum absolute atomic E-state index is 0.209. The maximum absolute atomic E-state index is 13.4. The topological polar surface area (TPSA) is 44.4 Å². The lowest BCUT2D eigenvalue weighted by Crippen LogP contribution is -2.39. The van der Waals surface area contributed by atoms with Crippen molar-refractivity contribution in [1.82, 2.24) is 10.2 Å². The van der Waals surface area contributed by atoms with Gasteiger partial charge in [0.2, 0.25) is 5.91 Å². The minimum atomic E-state index is -0.408. The molecule has 1 unspecified atom stereocenters. The highest BCUT2D eigenvalue weighted by molar-refractivity contribution is 5.92. The number of nitrogens with zero attached hydrogens (tertiary/aromatic N) is 1. The summed E-state index contributed by atoms with van der Waals surface area (Å²) in [5.74, 6) is -0.0240. The Hall–Kier alpha value is -1.46. The summed E-state index contributed by atoms with van der Waals surface area (Å²) in [7, 11) is 2.12. The number of halogens is 1. The van der Waals surface area contributed by atoms with Crippen LogP contribution in [-0.4, -0.2) is 44.0 Å². The lowest BCUT2D eigenvalue weighted by atomic mass is 9.98. The molecule has 0 saturated carbocycles. The first-order chi connectivity index (χ1) is 9.65. The monoisotopic (exact) mass is 279 g/mol. The van der Waals surface area contributed by atoms with E-state index in [0.717, 1.165) is 19.6 Å². The third-order valence-electron chi connectivity index (χ3n) is 3.59. The molecule has 4 nitrogen and oxygen atoms in total. The summed E-state index contributed by atoms with van der Waals surface area (Å²) < 4.78 is 13.4. The first-order valence-corrected chi connectivity index (χ1v) is 7.09. The Morgan fingerprint density at radius 3 is 3.00 bits per heavy atom. The van der Waals surface area contributed by atoms with Crippen LogP contribution < -0.4 is 10.6 Å². The Kier molecular flexibility index (Phi) is 5.49. The van der Waals surface area contributed by atoms with Gasteiger partial charge in [-0.05, 0) is 51.0 Å². The minimum Gasteiger partial charge on any atom is -0.322 e. The number of piperidine rings is 1. The first-order valence-electron chi connectivity index (χ1n) is 7.09. The molecule has 0 radical (unpaired) electrons. The van der Waals surface area contributed by atoms with Gasteiger partial charge >= 0.3 is 0 Å². The van der Waals surface area contributed by atoms with Crippen molar-refractivity contribution in [1.29, 1.82) is 0 Å². The highest BCUT2D eigenvalue weighted by Gasteiger charge is 2.16. The van der Waals surface area contributed by atoms with Crippen LogP contribution in [0, 0.1) is 11.7 Å². The zero-order valence-corrected chi connectivity index (χ0v) is 11.9. The summed E-state index contributed by atoms with van der Waals surface area (Å²) in [5, 5.41) is 5.72. The number of anilines is 1. The van der Waals surface area contributed by atoms with Crippen molar-refractivity contribution in [2.45, 2.75) is 12.8 Å². The van der Waals surface area contributed by atoms with Gasteiger partial charge in [-0.25, -0.2) is 4.39 Å². The van der Waals surface area contributed by atoms with Crippen LogP contribution >= 0.6 is 0 Å². The van der Waals surface area contributed by atoms with Gasteiger partial charge in [0.05, 0.1) is 12.2 Å². The van der Waals surface area contributed by atoms with Gasteiger partial charge in [-0.3, -0.25) is 4.79 Å². The summed E-state index contributed by atoms with van der Waals surface area (Å²) in [6, 6.07) is 6.19. The molecule has 0 spiro atoms. The summed E-state index contributed by atoms with van der Waals surface area (Å²) >= 11 is 0. The molecule has 0 aromatic heterocycles. The van der Waals surface area contributed by atoms with Gasteiger partial charge < -0.3 is 15.5 Å². The number of hydrogen-bond acceptors (Lipinski definition) is 3. The van der Waals surface area contributed by atoms with Crippen molar-refractivity contribution in [2.75, 3.05) is 38.5 Å². The first kappa shape index (κ1) is 14.9. The van der Waals surface area contributed by atoms with Gasteiger partial charge in [0.1, 0.15) is 5.82 Å². The molecule has 1 aliphatic rings. The molecular formula is C15H22FN3O. The van der Waals surface area contributed by atoms with Gasteiger partial charge in [-0.15, -0.1) is 0 Å². The number of carbonyl (C=O) groups excluding carboxylic acids is 1. The number of amides is 1. The van der Waals surface area contributed by atoms with E-state index in [1.165, 1.54) is 18.9 Å². The molecule has 1 fully saturated rings. The lowest BCUT2D eigenvalue weighted by molar-refractivity contribution is -0.115. The van der Waals surface area contributed by atoms with Crippen LogP contribution in [0.5, 0.6) is 0 Å². The largest absolute Gasteiger partial charge is 0.322 e. The number of benzene rings is 1. The molecule has 1 aromatic carbocycles. The molecule has 5 heteroatoms. The number of para-hydroxylation sites is 1. The zero-order valence-electron chi connectivity index (χ0n) is 11.9. The van der Waals surface area contributed by atoms with Crippen molar-refractivity contribution in [3.63, 3.8) is 0 Å². The van der Waals surface area contributed by atoms with Crippen molar-refractivity contribution < 1.29 is 9.18 Å². The van der Waals surface area contributed by atoms with Crippen LogP contribution in [0.3, 0.4) is 0 Å². The van der Waals surface area contributed by atoms with Crippen molar-refractivity contribution in [3.05, 3.63) is 30.1 Å². The average molecular weight is 279 g/mol. The molecule has 1 saturated heterocycles. The normalized spacial score (nSPS) is 19.8. The van der Waals surface area contributed by atoms with Crippen LogP contribution in [0.2, 0.25) is 0 Å². The van der Waals surface area contributed by atoms with E-state index < -0.39 is 5.82 Å². The van der Waals surface area contributed by atoms with Gasteiger partial charge in [0.25, 0.3) is 0 Å². The summed E-state index contributed by atoms with van der Waals surface area (Å²) in [4.78, 5) is 14.0. The standard InChI is InChI=1S/C15H22FN3O/c1-19-8-4-5-12(11-19)9-17-10-15(20)18-14-7-3-2-6-13(14)16/h2-3,6-7,12,17H,4-5,8-11H2,1H3,(H,18,20). The van der Waals surface area contributed by atoms with Gasteiger partial charge in [0, 0.05) is 6.54 Å². The van der Waals surface area contributed by atoms with E-state index in [0.29, 0.717) is 5.92 Å². The molecule has 20 heavy (non-hydrogen) atoms. The fourth-order valence-corrected chi connectivity index (χ4v) is 2.59. The van der Waals surface area contributed by atoms with Gasteiger partial charge in [0.15, 0.2) is 0 Å². The third kappa shape index (κ3) is 4.58. The summed E-state index contributed by atoms with van der Waals surface area (Å²) in [5.41, 5.74) is 0.233. The molecule has 1 amide bonds. The van der Waals surface area contributed by atoms with E-state index in [2.05, 4.69) is 22.6 Å². The van der Waals surface area contributed by atoms with Gasteiger partial charge in [-0.1, -0.05) is 12.1 Å². The van der Waals surface area contributed by atoms with E-state index in [9.17, 15) is 9.18 Å². The molecule has 1 atom stereocenters. The molecule has 2 rings (SSSR count). The van der Waals surface area contributed by atoms with Crippen molar-refractivity contribution in [3.8, 4) is 0 Å². The Balaban J connectivity index is 1.69. The zero-order chi connectivity index (χ0) is 14.4. The fourth-order valence-electron chi connectivity index (χ4n) is 2.59. The molecular weight excluding hydrogens is 257 g/mol. The fraction of sp³-hybridized carbons (Fsp3) is 0.533. The van der Waals surface area contributed by atoms with E-state index in [4.69, 9.17) is 0 Å². The quantitative estimate of drug-likeness (QED) is 0.862. The predicted molar refractivity (Wildman–Crippen MR) is 78.1 cm³/mol. The lowest BCUT2D eigenvalue weighted by Gasteiger charge is -2.29. The molecule has 1 heterocycles. The van der Waals surface area contributed by atoms with Crippen LogP contribution in [0.25, 0.3) is 0 Å². The van der Waals surface area contributed by atoms with E-state index in [1.807, 2.05) is 0 Å². The second-order valence-corrected chi connectivity index (χ2v) is 5.43.